The lowest BCUT2D eigenvalue weighted by atomic mass is 10.1. The maximum atomic E-state index is 12.6. The van der Waals surface area contributed by atoms with E-state index in [4.69, 9.17) is 9.15 Å². The maximum Gasteiger partial charge on any atom is 0.318 e. The van der Waals surface area contributed by atoms with Gasteiger partial charge in [-0.05, 0) is 30.0 Å². The summed E-state index contributed by atoms with van der Waals surface area (Å²) < 4.78 is 10.6. The van der Waals surface area contributed by atoms with Gasteiger partial charge in [-0.1, -0.05) is 5.10 Å². The number of benzene rings is 1. The van der Waals surface area contributed by atoms with Crippen molar-refractivity contribution in [2.75, 3.05) is 38.2 Å². The molecule has 0 atom stereocenters. The van der Waals surface area contributed by atoms with E-state index < -0.39 is 0 Å². The van der Waals surface area contributed by atoms with Crippen molar-refractivity contribution < 1.29 is 13.9 Å². The third-order valence-corrected chi connectivity index (χ3v) is 5.16. The summed E-state index contributed by atoms with van der Waals surface area (Å²) in [5, 5.41) is 8.77. The topological polar surface area (TPSA) is 105 Å². The summed E-state index contributed by atoms with van der Waals surface area (Å²) in [6, 6.07) is 7.87. The number of nitrogens with zero attached hydrogens (tertiary/aromatic N) is 4. The summed E-state index contributed by atoms with van der Waals surface area (Å²) in [6.07, 6.45) is 0.698. The van der Waals surface area contributed by atoms with Crippen molar-refractivity contribution in [3.63, 3.8) is 0 Å². The summed E-state index contributed by atoms with van der Waals surface area (Å²) in [5.41, 5.74) is 1.16. The van der Waals surface area contributed by atoms with Crippen molar-refractivity contribution in [1.29, 1.82) is 0 Å². The van der Waals surface area contributed by atoms with Crippen LogP contribution in [0, 0.1) is 6.92 Å². The molecule has 3 aromatic rings. The summed E-state index contributed by atoms with van der Waals surface area (Å²) in [6.45, 7) is 4.22. The summed E-state index contributed by atoms with van der Waals surface area (Å²) >= 11 is 0. The lowest BCUT2D eigenvalue weighted by Gasteiger charge is -2.33. The minimum atomic E-state index is -0.171. The van der Waals surface area contributed by atoms with Crippen LogP contribution in [0.15, 0.2) is 33.5 Å². The molecule has 1 fully saturated rings. The predicted octanol–water partition coefficient (Wildman–Crippen LogP) is 1.51. The van der Waals surface area contributed by atoms with E-state index >= 15 is 0 Å². The molecule has 1 aromatic carbocycles. The SMILES string of the molecule is COc1ccc2cc(CCC(=O)N3CCN(c4nnc(C)o4)CC3)c(=O)[nH]c2c1. The van der Waals surface area contributed by atoms with Crippen LogP contribution in [0.25, 0.3) is 10.9 Å². The Bertz CT molecular complexity index is 1080. The molecule has 0 spiro atoms. The van der Waals surface area contributed by atoms with E-state index in [-0.39, 0.29) is 11.5 Å². The molecule has 1 aliphatic rings. The number of carbonyl (C=O) groups is 1. The van der Waals surface area contributed by atoms with Gasteiger partial charge in [-0.15, -0.1) is 5.10 Å². The Morgan fingerprint density at radius 3 is 2.69 bits per heavy atom. The van der Waals surface area contributed by atoms with E-state index in [0.29, 0.717) is 62.2 Å². The Hall–Kier alpha value is -3.36. The monoisotopic (exact) mass is 397 g/mol. The zero-order valence-corrected chi connectivity index (χ0v) is 16.5. The number of pyridine rings is 1. The number of amides is 1. The number of fused-ring (bicyclic) bond motifs is 1. The molecule has 29 heavy (non-hydrogen) atoms. The van der Waals surface area contributed by atoms with Gasteiger partial charge in [0.25, 0.3) is 5.56 Å². The largest absolute Gasteiger partial charge is 0.497 e. The van der Waals surface area contributed by atoms with Crippen LogP contribution in [0.2, 0.25) is 0 Å². The van der Waals surface area contributed by atoms with Crippen LogP contribution >= 0.6 is 0 Å². The minimum Gasteiger partial charge on any atom is -0.497 e. The van der Waals surface area contributed by atoms with Gasteiger partial charge in [-0.3, -0.25) is 9.59 Å². The van der Waals surface area contributed by atoms with Crippen LogP contribution in [0.3, 0.4) is 0 Å². The summed E-state index contributed by atoms with van der Waals surface area (Å²) in [5.74, 6) is 1.25. The Labute approximate surface area is 167 Å². The third-order valence-electron chi connectivity index (χ3n) is 5.16. The zero-order chi connectivity index (χ0) is 20.4. The highest BCUT2D eigenvalue weighted by atomic mass is 16.5. The van der Waals surface area contributed by atoms with Gasteiger partial charge in [0.2, 0.25) is 11.8 Å². The number of H-pyrrole nitrogens is 1. The standard InChI is InChI=1S/C20H23N5O4/c1-13-22-23-20(29-13)25-9-7-24(8-10-25)18(26)6-4-15-11-14-3-5-16(28-2)12-17(14)21-19(15)27/h3,5,11-12H,4,6-10H2,1-2H3,(H,21,27). The first-order chi connectivity index (χ1) is 14.0. The molecule has 0 bridgehead atoms. The summed E-state index contributed by atoms with van der Waals surface area (Å²) in [7, 11) is 1.59. The van der Waals surface area contributed by atoms with Gasteiger partial charge in [0, 0.05) is 51.2 Å². The van der Waals surface area contributed by atoms with Crippen molar-refractivity contribution in [1.82, 2.24) is 20.1 Å². The Morgan fingerprint density at radius 2 is 2.00 bits per heavy atom. The molecule has 0 unspecified atom stereocenters. The van der Waals surface area contributed by atoms with E-state index in [1.807, 2.05) is 28.0 Å². The number of hydrogen-bond acceptors (Lipinski definition) is 7. The molecule has 9 nitrogen and oxygen atoms in total. The van der Waals surface area contributed by atoms with Crippen molar-refractivity contribution in [2.24, 2.45) is 0 Å². The van der Waals surface area contributed by atoms with Gasteiger partial charge in [0.05, 0.1) is 12.6 Å². The van der Waals surface area contributed by atoms with Gasteiger partial charge in [-0.2, -0.15) is 0 Å². The van der Waals surface area contributed by atoms with Crippen LogP contribution in [-0.4, -0.2) is 59.3 Å². The Morgan fingerprint density at radius 1 is 1.21 bits per heavy atom. The van der Waals surface area contributed by atoms with Gasteiger partial charge in [-0.25, -0.2) is 0 Å². The second-order valence-corrected chi connectivity index (χ2v) is 7.05. The molecule has 1 aliphatic heterocycles. The molecule has 3 heterocycles. The van der Waals surface area contributed by atoms with Crippen molar-refractivity contribution in [2.45, 2.75) is 19.8 Å². The number of nitrogens with one attached hydrogen (secondary N) is 1. The van der Waals surface area contributed by atoms with Crippen LogP contribution in [-0.2, 0) is 11.2 Å². The van der Waals surface area contributed by atoms with Gasteiger partial charge >= 0.3 is 6.01 Å². The number of piperazine rings is 1. The average Bonchev–Trinajstić information content (AvgIpc) is 3.18. The van der Waals surface area contributed by atoms with Gasteiger partial charge in [0.1, 0.15) is 5.75 Å². The van der Waals surface area contributed by atoms with Crippen molar-refractivity contribution in [3.8, 4) is 5.75 Å². The number of aryl methyl sites for hydroxylation is 2. The smallest absolute Gasteiger partial charge is 0.318 e. The number of anilines is 1. The maximum absolute atomic E-state index is 12.6. The Balaban J connectivity index is 1.36. The lowest BCUT2D eigenvalue weighted by molar-refractivity contribution is -0.131. The second kappa shape index (κ2) is 7.94. The predicted molar refractivity (Wildman–Crippen MR) is 107 cm³/mol. The average molecular weight is 397 g/mol. The van der Waals surface area contributed by atoms with E-state index in [9.17, 15) is 9.59 Å². The van der Waals surface area contributed by atoms with Crippen LogP contribution in [0.1, 0.15) is 17.9 Å². The molecular formula is C20H23N5O4. The highest BCUT2D eigenvalue weighted by molar-refractivity contribution is 5.81. The Kier molecular flexibility index (Phi) is 5.20. The molecule has 9 heteroatoms. The normalized spacial score (nSPS) is 14.4. The fourth-order valence-electron chi connectivity index (χ4n) is 3.50. The number of rotatable bonds is 5. The highest BCUT2D eigenvalue weighted by Gasteiger charge is 2.24. The number of aromatic nitrogens is 3. The number of aromatic amines is 1. The molecule has 0 saturated carbocycles. The first-order valence-corrected chi connectivity index (χ1v) is 9.56. The highest BCUT2D eigenvalue weighted by Crippen LogP contribution is 2.19. The zero-order valence-electron chi connectivity index (χ0n) is 16.5. The molecule has 1 saturated heterocycles. The molecule has 1 amide bonds. The number of carbonyl (C=O) groups excluding carboxylic acids is 1. The molecule has 0 radical (unpaired) electrons. The molecule has 1 N–H and O–H groups in total. The number of methoxy groups -OCH3 is 1. The fourth-order valence-corrected chi connectivity index (χ4v) is 3.50. The first-order valence-electron chi connectivity index (χ1n) is 9.56. The van der Waals surface area contributed by atoms with Crippen LogP contribution in [0.4, 0.5) is 6.01 Å². The van der Waals surface area contributed by atoms with E-state index in [2.05, 4.69) is 15.2 Å². The van der Waals surface area contributed by atoms with Crippen molar-refractivity contribution in [3.05, 3.63) is 46.1 Å². The van der Waals surface area contributed by atoms with E-state index in [0.717, 1.165) is 10.9 Å². The van der Waals surface area contributed by atoms with Gasteiger partial charge in [0.15, 0.2) is 0 Å². The van der Waals surface area contributed by atoms with Crippen LogP contribution in [0.5, 0.6) is 5.75 Å². The quantitative estimate of drug-likeness (QED) is 0.696. The van der Waals surface area contributed by atoms with Gasteiger partial charge < -0.3 is 23.9 Å². The number of ether oxygens (including phenoxy) is 1. The first kappa shape index (κ1) is 19.0. The lowest BCUT2D eigenvalue weighted by Crippen LogP contribution is -2.49. The molecule has 0 aliphatic carbocycles. The molecular weight excluding hydrogens is 374 g/mol. The molecule has 152 valence electrons. The van der Waals surface area contributed by atoms with Crippen molar-refractivity contribution >= 4 is 22.8 Å². The van der Waals surface area contributed by atoms with E-state index in [1.54, 1.807) is 20.1 Å². The minimum absolute atomic E-state index is 0.0422. The van der Waals surface area contributed by atoms with Crippen LogP contribution < -0.4 is 15.2 Å². The molecule has 2 aromatic heterocycles. The molecule has 4 rings (SSSR count). The second-order valence-electron chi connectivity index (χ2n) is 7.05. The number of hydrogen-bond donors (Lipinski definition) is 1. The van der Waals surface area contributed by atoms with E-state index in [1.165, 1.54) is 0 Å². The third kappa shape index (κ3) is 4.08. The fraction of sp³-hybridized carbons (Fsp3) is 0.400. The summed E-state index contributed by atoms with van der Waals surface area (Å²) in [4.78, 5) is 31.6.